The minimum Gasteiger partial charge on any atom is -0.492 e. The van der Waals surface area contributed by atoms with E-state index in [-0.39, 0.29) is 0 Å². The summed E-state index contributed by atoms with van der Waals surface area (Å²) >= 11 is 6.18. The molecule has 1 aliphatic carbocycles. The standard InChI is InChI=1S/C13H16ClNO/c1-8-2-5-10(14)13-12(8)11(6-7-16-13)15-9-3-4-9/h2,5,9,11,15H,3-4,6-7H2,1H3. The fourth-order valence-corrected chi connectivity index (χ4v) is 2.59. The molecule has 1 N–H and O–H groups in total. The minimum absolute atomic E-state index is 0.426. The summed E-state index contributed by atoms with van der Waals surface area (Å²) in [5.74, 6) is 0.895. The first-order valence-corrected chi connectivity index (χ1v) is 6.31. The summed E-state index contributed by atoms with van der Waals surface area (Å²) in [6.07, 6.45) is 3.67. The highest BCUT2D eigenvalue weighted by Gasteiger charge is 2.30. The topological polar surface area (TPSA) is 21.3 Å². The maximum atomic E-state index is 6.18. The van der Waals surface area contributed by atoms with Crippen molar-refractivity contribution >= 4 is 11.6 Å². The van der Waals surface area contributed by atoms with E-state index in [1.165, 1.54) is 24.0 Å². The van der Waals surface area contributed by atoms with Gasteiger partial charge in [0.05, 0.1) is 11.6 Å². The van der Waals surface area contributed by atoms with E-state index in [0.717, 1.165) is 23.8 Å². The van der Waals surface area contributed by atoms with E-state index in [2.05, 4.69) is 18.3 Å². The molecule has 3 rings (SSSR count). The molecule has 0 bridgehead atoms. The summed E-state index contributed by atoms with van der Waals surface area (Å²) in [7, 11) is 0. The minimum atomic E-state index is 0.426. The van der Waals surface area contributed by atoms with E-state index in [0.29, 0.717) is 12.1 Å². The van der Waals surface area contributed by atoms with E-state index in [1.807, 2.05) is 6.07 Å². The van der Waals surface area contributed by atoms with Crippen LogP contribution in [0.3, 0.4) is 0 Å². The predicted octanol–water partition coefficient (Wildman–Crippen LogP) is 3.22. The second kappa shape index (κ2) is 3.94. The lowest BCUT2D eigenvalue weighted by Gasteiger charge is -2.29. The molecule has 86 valence electrons. The lowest BCUT2D eigenvalue weighted by Crippen LogP contribution is -2.29. The molecule has 2 aliphatic rings. The van der Waals surface area contributed by atoms with Crippen molar-refractivity contribution in [1.29, 1.82) is 0 Å². The summed E-state index contributed by atoms with van der Waals surface area (Å²) in [6, 6.07) is 5.15. The van der Waals surface area contributed by atoms with Gasteiger partial charge in [0, 0.05) is 24.1 Å². The van der Waals surface area contributed by atoms with Crippen LogP contribution in [0.1, 0.15) is 36.4 Å². The van der Waals surface area contributed by atoms with Gasteiger partial charge < -0.3 is 10.1 Å². The Labute approximate surface area is 101 Å². The molecule has 1 heterocycles. The van der Waals surface area contributed by atoms with Crippen molar-refractivity contribution in [2.75, 3.05) is 6.61 Å². The van der Waals surface area contributed by atoms with Crippen molar-refractivity contribution < 1.29 is 4.74 Å². The highest BCUT2D eigenvalue weighted by Crippen LogP contribution is 2.41. The van der Waals surface area contributed by atoms with Crippen LogP contribution < -0.4 is 10.1 Å². The molecule has 0 spiro atoms. The molecule has 0 aromatic heterocycles. The number of aryl methyl sites for hydroxylation is 1. The average Bonchev–Trinajstić information content (AvgIpc) is 3.08. The smallest absolute Gasteiger partial charge is 0.142 e. The summed E-state index contributed by atoms with van der Waals surface area (Å²) in [6.45, 7) is 2.89. The summed E-state index contributed by atoms with van der Waals surface area (Å²) in [4.78, 5) is 0. The van der Waals surface area contributed by atoms with Gasteiger partial charge in [0.1, 0.15) is 5.75 Å². The zero-order chi connectivity index (χ0) is 11.1. The normalized spacial score (nSPS) is 23.8. The molecule has 1 unspecified atom stereocenters. The molecule has 2 nitrogen and oxygen atoms in total. The van der Waals surface area contributed by atoms with Crippen molar-refractivity contribution in [1.82, 2.24) is 5.32 Å². The lowest BCUT2D eigenvalue weighted by atomic mass is 9.95. The van der Waals surface area contributed by atoms with Crippen LogP contribution in [-0.4, -0.2) is 12.6 Å². The predicted molar refractivity (Wildman–Crippen MR) is 65.2 cm³/mol. The van der Waals surface area contributed by atoms with E-state index < -0.39 is 0 Å². The average molecular weight is 238 g/mol. The van der Waals surface area contributed by atoms with E-state index in [9.17, 15) is 0 Å². The Bertz CT molecular complexity index is 415. The van der Waals surface area contributed by atoms with Crippen LogP contribution in [0.5, 0.6) is 5.75 Å². The first-order valence-electron chi connectivity index (χ1n) is 5.93. The van der Waals surface area contributed by atoms with Crippen molar-refractivity contribution in [2.45, 2.75) is 38.3 Å². The van der Waals surface area contributed by atoms with Crippen LogP contribution >= 0.6 is 11.6 Å². The van der Waals surface area contributed by atoms with Gasteiger partial charge in [-0.15, -0.1) is 0 Å². The van der Waals surface area contributed by atoms with Gasteiger partial charge in [-0.1, -0.05) is 17.7 Å². The number of halogens is 1. The molecule has 1 aromatic carbocycles. The molecule has 1 aliphatic heterocycles. The number of hydrogen-bond donors (Lipinski definition) is 1. The molecule has 0 saturated heterocycles. The van der Waals surface area contributed by atoms with Gasteiger partial charge in [-0.3, -0.25) is 0 Å². The SMILES string of the molecule is Cc1ccc(Cl)c2c1C(NC1CC1)CCO2. The number of hydrogen-bond acceptors (Lipinski definition) is 2. The maximum Gasteiger partial charge on any atom is 0.142 e. The largest absolute Gasteiger partial charge is 0.492 e. The summed E-state index contributed by atoms with van der Waals surface area (Å²) in [5.41, 5.74) is 2.54. The van der Waals surface area contributed by atoms with Gasteiger partial charge in [-0.05, 0) is 31.4 Å². The second-order valence-corrected chi connectivity index (χ2v) is 5.14. The van der Waals surface area contributed by atoms with Gasteiger partial charge in [0.2, 0.25) is 0 Å². The van der Waals surface area contributed by atoms with Gasteiger partial charge in [0.25, 0.3) is 0 Å². The quantitative estimate of drug-likeness (QED) is 0.853. The third-order valence-corrected chi connectivity index (χ3v) is 3.68. The van der Waals surface area contributed by atoms with Crippen molar-refractivity contribution in [3.05, 3.63) is 28.3 Å². The Hall–Kier alpha value is -0.730. The van der Waals surface area contributed by atoms with E-state index >= 15 is 0 Å². The van der Waals surface area contributed by atoms with Crippen molar-refractivity contribution in [2.24, 2.45) is 0 Å². The van der Waals surface area contributed by atoms with E-state index in [4.69, 9.17) is 16.3 Å². The van der Waals surface area contributed by atoms with Crippen LogP contribution in [-0.2, 0) is 0 Å². The Balaban J connectivity index is 1.98. The lowest BCUT2D eigenvalue weighted by molar-refractivity contribution is 0.251. The summed E-state index contributed by atoms with van der Waals surface area (Å²) < 4.78 is 5.70. The number of benzene rings is 1. The second-order valence-electron chi connectivity index (χ2n) is 4.74. The molecule has 0 radical (unpaired) electrons. The monoisotopic (exact) mass is 237 g/mol. The van der Waals surface area contributed by atoms with Crippen LogP contribution in [0.2, 0.25) is 5.02 Å². The third-order valence-electron chi connectivity index (χ3n) is 3.38. The highest BCUT2D eigenvalue weighted by atomic mass is 35.5. The van der Waals surface area contributed by atoms with Crippen LogP contribution in [0.25, 0.3) is 0 Å². The summed E-state index contributed by atoms with van der Waals surface area (Å²) in [5, 5.41) is 4.42. The Morgan fingerprint density at radius 1 is 1.31 bits per heavy atom. The molecule has 1 saturated carbocycles. The zero-order valence-electron chi connectivity index (χ0n) is 9.42. The first-order chi connectivity index (χ1) is 7.75. The van der Waals surface area contributed by atoms with Crippen LogP contribution in [0.15, 0.2) is 12.1 Å². The molecule has 3 heteroatoms. The Morgan fingerprint density at radius 2 is 2.12 bits per heavy atom. The fourth-order valence-electron chi connectivity index (χ4n) is 2.38. The number of ether oxygens (including phenoxy) is 1. The highest BCUT2D eigenvalue weighted by molar-refractivity contribution is 6.32. The van der Waals surface area contributed by atoms with Crippen molar-refractivity contribution in [3.8, 4) is 5.75 Å². The zero-order valence-corrected chi connectivity index (χ0v) is 10.2. The van der Waals surface area contributed by atoms with Gasteiger partial charge >= 0.3 is 0 Å². The molecular weight excluding hydrogens is 222 g/mol. The molecular formula is C13H16ClNO. The van der Waals surface area contributed by atoms with Gasteiger partial charge in [-0.25, -0.2) is 0 Å². The third kappa shape index (κ3) is 1.80. The van der Waals surface area contributed by atoms with Crippen LogP contribution in [0.4, 0.5) is 0 Å². The molecule has 1 aromatic rings. The molecule has 1 fully saturated rings. The molecule has 16 heavy (non-hydrogen) atoms. The number of fused-ring (bicyclic) bond motifs is 1. The number of nitrogens with one attached hydrogen (secondary N) is 1. The van der Waals surface area contributed by atoms with E-state index in [1.54, 1.807) is 0 Å². The molecule has 1 atom stereocenters. The van der Waals surface area contributed by atoms with Gasteiger partial charge in [0.15, 0.2) is 0 Å². The fraction of sp³-hybridized carbons (Fsp3) is 0.538. The van der Waals surface area contributed by atoms with Gasteiger partial charge in [-0.2, -0.15) is 0 Å². The number of rotatable bonds is 2. The first kappa shape index (κ1) is 10.4. The van der Waals surface area contributed by atoms with Crippen molar-refractivity contribution in [3.63, 3.8) is 0 Å². The van der Waals surface area contributed by atoms with Crippen LogP contribution in [0, 0.1) is 6.92 Å². The maximum absolute atomic E-state index is 6.18. The Morgan fingerprint density at radius 3 is 2.88 bits per heavy atom. The Kier molecular flexibility index (Phi) is 2.56. The molecule has 0 amide bonds.